The molecule has 0 bridgehead atoms. The van der Waals surface area contributed by atoms with Crippen molar-refractivity contribution in [2.45, 2.75) is 69.8 Å². The first-order chi connectivity index (χ1) is 29.6. The van der Waals surface area contributed by atoms with Crippen LogP contribution in [-0.4, -0.2) is 94.9 Å². The minimum absolute atomic E-state index is 0.111. The number of likely N-dealkylation sites (tertiary alicyclic amines) is 1. The van der Waals surface area contributed by atoms with Gasteiger partial charge in [0.15, 0.2) is 17.2 Å². The molecule has 0 radical (unpaired) electrons. The van der Waals surface area contributed by atoms with Gasteiger partial charge in [0.05, 0.1) is 40.4 Å². The van der Waals surface area contributed by atoms with Gasteiger partial charge in [-0.1, -0.05) is 35.9 Å². The average molecular weight is 847 g/mol. The highest BCUT2D eigenvalue weighted by Crippen LogP contribution is 2.50. The fourth-order valence-corrected chi connectivity index (χ4v) is 10.2. The smallest absolute Gasteiger partial charge is 0.328 e. The Kier molecular flexibility index (Phi) is 10.2. The predicted octanol–water partition coefficient (Wildman–Crippen LogP) is 6.85. The van der Waals surface area contributed by atoms with Gasteiger partial charge in [0, 0.05) is 83.2 Å². The van der Waals surface area contributed by atoms with E-state index in [1.165, 1.54) is 22.2 Å². The second kappa shape index (κ2) is 15.7. The lowest BCUT2D eigenvalue weighted by Crippen LogP contribution is -2.57. The van der Waals surface area contributed by atoms with Gasteiger partial charge in [-0.25, -0.2) is 18.7 Å². The second-order valence-corrected chi connectivity index (χ2v) is 17.6. The molecule has 2 saturated carbocycles. The number of halogens is 2. The van der Waals surface area contributed by atoms with Gasteiger partial charge < -0.3 is 20.3 Å². The number of nitrogens with zero attached hydrogens (tertiary/aromatic N) is 7. The highest BCUT2D eigenvalue weighted by atomic mass is 35.5. The standard InChI is InChI=1S/C45H48ClFN10O4/c1-48-35-20-39(53-57-38(22-50-42(35)57)43(59)51-34-19-32(34)47)55-16-12-30-29(4-3-5-36(30)55)33-9-6-26(21-49-33)23-54-24-45(25-54)14-10-27(11-15-45)41(61-2)28-7-8-31(46)37(18-28)56-17-13-40(58)52-44(56)60/h3-9,18,20-22,27,32,34,41,48H,10-17,19,23-25H2,1-2H3,(H,51,59)(H,52,58,60)/t32-,34?,41?/m0/s1. The average Bonchev–Trinajstić information content (AvgIpc) is 3.57. The Bertz CT molecular complexity index is 2530. The molecule has 3 aliphatic heterocycles. The van der Waals surface area contributed by atoms with E-state index in [0.29, 0.717) is 53.0 Å². The van der Waals surface area contributed by atoms with E-state index in [0.717, 1.165) is 79.9 Å². The van der Waals surface area contributed by atoms with E-state index < -0.39 is 24.2 Å². The molecule has 5 aliphatic rings. The van der Waals surface area contributed by atoms with Gasteiger partial charge in [-0.3, -0.25) is 29.7 Å². The predicted molar refractivity (Wildman–Crippen MR) is 230 cm³/mol. The number of ether oxygens (including phenoxy) is 1. The van der Waals surface area contributed by atoms with Gasteiger partial charge in [0.1, 0.15) is 6.17 Å². The molecule has 1 spiro atoms. The maximum atomic E-state index is 13.6. The summed E-state index contributed by atoms with van der Waals surface area (Å²) in [7, 11) is 3.56. The molecule has 316 valence electrons. The molecule has 2 unspecified atom stereocenters. The summed E-state index contributed by atoms with van der Waals surface area (Å²) >= 11 is 6.54. The van der Waals surface area contributed by atoms with Gasteiger partial charge in [0.25, 0.3) is 5.91 Å². The molecule has 2 aromatic carbocycles. The number of amides is 4. The largest absolute Gasteiger partial charge is 0.385 e. The van der Waals surface area contributed by atoms with Gasteiger partial charge in [-0.15, -0.1) is 5.10 Å². The zero-order valence-corrected chi connectivity index (χ0v) is 34.9. The summed E-state index contributed by atoms with van der Waals surface area (Å²) in [5, 5.41) is 13.7. The number of nitrogens with one attached hydrogen (secondary N) is 3. The number of hydrogen-bond donors (Lipinski definition) is 3. The lowest BCUT2D eigenvalue weighted by Gasteiger charge is -2.54. The first-order valence-electron chi connectivity index (χ1n) is 21.1. The Hall–Kier alpha value is -5.64. The number of carbonyl (C=O) groups is 3. The van der Waals surface area contributed by atoms with Crippen LogP contribution in [0.4, 0.5) is 32.1 Å². The van der Waals surface area contributed by atoms with Crippen LogP contribution in [-0.2, 0) is 22.5 Å². The van der Waals surface area contributed by atoms with Crippen LogP contribution >= 0.6 is 11.6 Å². The van der Waals surface area contributed by atoms with Crippen LogP contribution in [0, 0.1) is 11.3 Å². The summed E-state index contributed by atoms with van der Waals surface area (Å²) in [6, 6.07) is 17.4. The SMILES string of the molecule is CNc1cc(N2CCc3c(-c4ccc(CN5CC6(CCC(C(OC)c7ccc(Cl)c(N8CCC(=O)NC8=O)c7)CC6)C5)cn4)cccc32)nn2c(C(=O)NC3C[C@@H]3F)cnc12. The molecule has 2 aliphatic carbocycles. The third-order valence-electron chi connectivity index (χ3n) is 13.3. The molecule has 3 N–H and O–H groups in total. The summed E-state index contributed by atoms with van der Waals surface area (Å²) in [5.41, 5.74) is 8.87. The van der Waals surface area contributed by atoms with Crippen LogP contribution < -0.4 is 25.8 Å². The number of anilines is 4. The molecule has 16 heteroatoms. The van der Waals surface area contributed by atoms with Crippen molar-refractivity contribution in [3.8, 4) is 11.3 Å². The molecule has 2 saturated heterocycles. The maximum absolute atomic E-state index is 13.6. The van der Waals surface area contributed by atoms with Crippen molar-refractivity contribution in [3.05, 3.63) is 94.4 Å². The molecular weight excluding hydrogens is 799 g/mol. The van der Waals surface area contributed by atoms with E-state index in [1.54, 1.807) is 11.6 Å². The quantitative estimate of drug-likeness (QED) is 0.129. The fraction of sp³-hybridized carbons (Fsp3) is 0.422. The Morgan fingerprint density at radius 2 is 1.82 bits per heavy atom. The number of alkyl halides is 1. The Balaban J connectivity index is 0.771. The van der Waals surface area contributed by atoms with Crippen molar-refractivity contribution in [2.75, 3.05) is 55.5 Å². The summed E-state index contributed by atoms with van der Waals surface area (Å²) < 4.78 is 21.2. The van der Waals surface area contributed by atoms with Crippen molar-refractivity contribution >= 4 is 58.0 Å². The van der Waals surface area contributed by atoms with E-state index >= 15 is 0 Å². The Morgan fingerprint density at radius 1 is 1.02 bits per heavy atom. The Morgan fingerprint density at radius 3 is 2.54 bits per heavy atom. The molecule has 61 heavy (non-hydrogen) atoms. The van der Waals surface area contributed by atoms with E-state index in [2.05, 4.69) is 55.0 Å². The molecule has 10 rings (SSSR count). The molecular formula is C45H48ClFN10O4. The van der Waals surface area contributed by atoms with Crippen LogP contribution in [0.5, 0.6) is 0 Å². The van der Waals surface area contributed by atoms with Crippen LogP contribution in [0.25, 0.3) is 16.9 Å². The number of rotatable bonds is 11. The van der Waals surface area contributed by atoms with Crippen molar-refractivity contribution in [1.82, 2.24) is 35.1 Å². The third kappa shape index (κ3) is 7.35. The first kappa shape index (κ1) is 39.5. The molecule has 14 nitrogen and oxygen atoms in total. The van der Waals surface area contributed by atoms with Crippen LogP contribution in [0.1, 0.15) is 71.8 Å². The Labute approximate surface area is 357 Å². The minimum Gasteiger partial charge on any atom is -0.385 e. The maximum Gasteiger partial charge on any atom is 0.328 e. The number of aromatic nitrogens is 4. The highest BCUT2D eigenvalue weighted by molar-refractivity contribution is 6.34. The van der Waals surface area contributed by atoms with Crippen molar-refractivity contribution < 1.29 is 23.5 Å². The van der Waals surface area contributed by atoms with E-state index in [-0.39, 0.29) is 24.1 Å². The van der Waals surface area contributed by atoms with Gasteiger partial charge in [0.2, 0.25) is 5.91 Å². The summed E-state index contributed by atoms with van der Waals surface area (Å²) in [5.74, 6) is 0.363. The molecule has 3 aromatic heterocycles. The van der Waals surface area contributed by atoms with E-state index in [1.807, 2.05) is 43.6 Å². The van der Waals surface area contributed by atoms with Crippen LogP contribution in [0.3, 0.4) is 0 Å². The van der Waals surface area contributed by atoms with Crippen molar-refractivity contribution in [2.24, 2.45) is 11.3 Å². The number of carbonyl (C=O) groups excluding carboxylic acids is 3. The first-order valence-corrected chi connectivity index (χ1v) is 21.5. The summed E-state index contributed by atoms with van der Waals surface area (Å²) in [4.78, 5) is 53.0. The van der Waals surface area contributed by atoms with E-state index in [9.17, 15) is 18.8 Å². The molecule has 4 fully saturated rings. The highest BCUT2D eigenvalue weighted by Gasteiger charge is 2.46. The zero-order chi connectivity index (χ0) is 42.0. The number of fused-ring (bicyclic) bond motifs is 2. The molecule has 5 aromatic rings. The van der Waals surface area contributed by atoms with Gasteiger partial charge in [-0.05, 0) is 84.4 Å². The molecule has 4 amide bonds. The summed E-state index contributed by atoms with van der Waals surface area (Å²) in [6.45, 7) is 3.99. The van der Waals surface area contributed by atoms with Gasteiger partial charge >= 0.3 is 6.03 Å². The van der Waals surface area contributed by atoms with Crippen molar-refractivity contribution in [3.63, 3.8) is 0 Å². The van der Waals surface area contributed by atoms with Crippen LogP contribution in [0.15, 0.2) is 67.0 Å². The molecule has 6 heterocycles. The van der Waals surface area contributed by atoms with Crippen LogP contribution in [0.2, 0.25) is 5.02 Å². The fourth-order valence-electron chi connectivity index (χ4n) is 10.0. The minimum atomic E-state index is -1.00. The number of imide groups is 1. The number of benzene rings is 2. The van der Waals surface area contributed by atoms with Gasteiger partial charge in [-0.2, -0.15) is 0 Å². The molecule has 3 atom stereocenters. The normalized spacial score (nSPS) is 21.6. The van der Waals surface area contributed by atoms with Crippen molar-refractivity contribution in [1.29, 1.82) is 0 Å². The monoisotopic (exact) mass is 846 g/mol. The number of imidazole rings is 1. The van der Waals surface area contributed by atoms with E-state index in [4.69, 9.17) is 26.4 Å². The summed E-state index contributed by atoms with van der Waals surface area (Å²) in [6.07, 6.45) is 8.14. The third-order valence-corrected chi connectivity index (χ3v) is 13.7. The number of methoxy groups -OCH3 is 1. The number of urea groups is 1. The zero-order valence-electron chi connectivity index (χ0n) is 34.2. The lowest BCUT2D eigenvalue weighted by atomic mass is 9.64. The number of hydrogen-bond acceptors (Lipinski definition) is 10. The topological polar surface area (TPSA) is 149 Å². The lowest BCUT2D eigenvalue weighted by molar-refractivity contribution is -0.120. The second-order valence-electron chi connectivity index (χ2n) is 17.2. The number of pyridine rings is 1.